The third-order valence-corrected chi connectivity index (χ3v) is 6.07. The standard InChI is InChI=1S/C32H28F2O2/c1-21-5-7-24(8-6-21)30(25-11-15-29(34)16-12-25)18-27-20-31(35-3)26(19-32(27)36-4)17-22(2)23-9-13-28(33)14-10-23/h5-20H,1-4H3/b22-17+,30-18+. The molecule has 36 heavy (non-hydrogen) atoms. The fourth-order valence-corrected chi connectivity index (χ4v) is 4.05. The first kappa shape index (κ1) is 24.9. The summed E-state index contributed by atoms with van der Waals surface area (Å²) in [7, 11) is 3.25. The van der Waals surface area contributed by atoms with Crippen LogP contribution in [0.2, 0.25) is 0 Å². The second-order valence-electron chi connectivity index (χ2n) is 8.60. The van der Waals surface area contributed by atoms with Crippen LogP contribution in [0.15, 0.2) is 84.9 Å². The number of ether oxygens (including phenoxy) is 2. The van der Waals surface area contributed by atoms with Crippen molar-refractivity contribution in [1.82, 2.24) is 0 Å². The molecule has 4 aromatic rings. The number of allylic oxidation sites excluding steroid dienone is 1. The first-order valence-corrected chi connectivity index (χ1v) is 11.6. The van der Waals surface area contributed by atoms with Crippen LogP contribution in [0.4, 0.5) is 8.78 Å². The summed E-state index contributed by atoms with van der Waals surface area (Å²) in [4.78, 5) is 0. The number of rotatable bonds is 7. The van der Waals surface area contributed by atoms with Crippen LogP contribution >= 0.6 is 0 Å². The summed E-state index contributed by atoms with van der Waals surface area (Å²) in [6, 6.07) is 24.9. The van der Waals surface area contributed by atoms with Gasteiger partial charge in [0.1, 0.15) is 23.1 Å². The number of halogens is 2. The molecule has 0 atom stereocenters. The largest absolute Gasteiger partial charge is 0.496 e. The normalized spacial score (nSPS) is 11.9. The Morgan fingerprint density at radius 2 is 1.03 bits per heavy atom. The number of aryl methyl sites for hydroxylation is 1. The van der Waals surface area contributed by atoms with E-state index in [-0.39, 0.29) is 11.6 Å². The summed E-state index contributed by atoms with van der Waals surface area (Å²) in [6.07, 6.45) is 4.02. The lowest BCUT2D eigenvalue weighted by Crippen LogP contribution is -1.95. The highest BCUT2D eigenvalue weighted by molar-refractivity contribution is 5.93. The second-order valence-corrected chi connectivity index (χ2v) is 8.60. The van der Waals surface area contributed by atoms with Crippen LogP contribution in [-0.2, 0) is 0 Å². The van der Waals surface area contributed by atoms with Gasteiger partial charge in [0.25, 0.3) is 0 Å². The van der Waals surface area contributed by atoms with Crippen molar-refractivity contribution < 1.29 is 18.3 Å². The second kappa shape index (κ2) is 11.0. The van der Waals surface area contributed by atoms with E-state index in [1.165, 1.54) is 24.3 Å². The highest BCUT2D eigenvalue weighted by Gasteiger charge is 2.13. The van der Waals surface area contributed by atoms with Gasteiger partial charge in [-0.25, -0.2) is 8.78 Å². The minimum absolute atomic E-state index is 0.271. The molecule has 0 amide bonds. The molecule has 0 aromatic heterocycles. The first-order chi connectivity index (χ1) is 17.4. The number of benzene rings is 4. The van der Waals surface area contributed by atoms with E-state index < -0.39 is 0 Å². The molecule has 0 N–H and O–H groups in total. The van der Waals surface area contributed by atoms with Gasteiger partial charge in [-0.15, -0.1) is 0 Å². The molecule has 0 spiro atoms. The fourth-order valence-electron chi connectivity index (χ4n) is 4.05. The van der Waals surface area contributed by atoms with E-state index in [9.17, 15) is 8.78 Å². The molecular formula is C32H28F2O2. The van der Waals surface area contributed by atoms with Gasteiger partial charge in [0.15, 0.2) is 0 Å². The molecule has 4 rings (SSSR count). The first-order valence-electron chi connectivity index (χ1n) is 11.6. The molecule has 0 aliphatic rings. The predicted octanol–water partition coefficient (Wildman–Crippen LogP) is 8.44. The zero-order valence-corrected chi connectivity index (χ0v) is 20.8. The van der Waals surface area contributed by atoms with Gasteiger partial charge in [0.2, 0.25) is 0 Å². The molecule has 4 heteroatoms. The molecule has 0 radical (unpaired) electrons. The van der Waals surface area contributed by atoms with Crippen molar-refractivity contribution in [2.24, 2.45) is 0 Å². The minimum Gasteiger partial charge on any atom is -0.496 e. The summed E-state index contributed by atoms with van der Waals surface area (Å²) < 4.78 is 38.5. The Labute approximate surface area is 211 Å². The Morgan fingerprint density at radius 3 is 1.50 bits per heavy atom. The summed E-state index contributed by atoms with van der Waals surface area (Å²) >= 11 is 0. The molecule has 0 saturated carbocycles. The average Bonchev–Trinajstić information content (AvgIpc) is 2.89. The van der Waals surface area contributed by atoms with E-state index in [2.05, 4.69) is 24.3 Å². The molecule has 0 unspecified atom stereocenters. The lowest BCUT2D eigenvalue weighted by atomic mass is 9.94. The highest BCUT2D eigenvalue weighted by Crippen LogP contribution is 2.36. The van der Waals surface area contributed by atoms with Crippen LogP contribution in [-0.4, -0.2) is 14.2 Å². The summed E-state index contributed by atoms with van der Waals surface area (Å²) in [5, 5.41) is 0. The van der Waals surface area contributed by atoms with Crippen molar-refractivity contribution >= 4 is 23.3 Å². The van der Waals surface area contributed by atoms with Crippen LogP contribution < -0.4 is 9.47 Å². The van der Waals surface area contributed by atoms with Gasteiger partial charge < -0.3 is 9.47 Å². The van der Waals surface area contributed by atoms with E-state index >= 15 is 0 Å². The molecule has 0 fully saturated rings. The van der Waals surface area contributed by atoms with E-state index in [1.54, 1.807) is 38.5 Å². The molecule has 182 valence electrons. The smallest absolute Gasteiger partial charge is 0.126 e. The Hall–Kier alpha value is -4.18. The molecule has 4 aromatic carbocycles. The highest BCUT2D eigenvalue weighted by atomic mass is 19.1. The Morgan fingerprint density at radius 1 is 0.611 bits per heavy atom. The van der Waals surface area contributed by atoms with Crippen molar-refractivity contribution in [3.63, 3.8) is 0 Å². The van der Waals surface area contributed by atoms with Crippen LogP contribution in [0, 0.1) is 18.6 Å². The lowest BCUT2D eigenvalue weighted by molar-refractivity contribution is 0.401. The predicted molar refractivity (Wildman–Crippen MR) is 144 cm³/mol. The molecule has 0 aliphatic heterocycles. The molecule has 0 saturated heterocycles. The van der Waals surface area contributed by atoms with Crippen molar-refractivity contribution in [1.29, 1.82) is 0 Å². The van der Waals surface area contributed by atoms with E-state index in [4.69, 9.17) is 9.47 Å². The number of methoxy groups -OCH3 is 2. The molecule has 0 heterocycles. The van der Waals surface area contributed by atoms with Crippen LogP contribution in [0.1, 0.15) is 40.3 Å². The van der Waals surface area contributed by atoms with Crippen molar-refractivity contribution in [3.05, 3.63) is 130 Å². The lowest BCUT2D eigenvalue weighted by Gasteiger charge is -2.15. The zero-order valence-electron chi connectivity index (χ0n) is 20.8. The van der Waals surface area contributed by atoms with Crippen molar-refractivity contribution in [3.8, 4) is 11.5 Å². The van der Waals surface area contributed by atoms with Gasteiger partial charge in [0.05, 0.1) is 14.2 Å². The monoisotopic (exact) mass is 482 g/mol. The topological polar surface area (TPSA) is 18.5 Å². The van der Waals surface area contributed by atoms with Crippen molar-refractivity contribution in [2.75, 3.05) is 14.2 Å². The van der Waals surface area contributed by atoms with Gasteiger partial charge in [-0.2, -0.15) is 0 Å². The maximum atomic E-state index is 13.7. The third kappa shape index (κ3) is 5.72. The SMILES string of the molecule is COc1cc(/C=C(\c2ccc(C)cc2)c2ccc(F)cc2)c(OC)cc1/C=C(\C)c1ccc(F)cc1. The van der Waals surface area contributed by atoms with Gasteiger partial charge in [-0.1, -0.05) is 54.1 Å². The third-order valence-electron chi connectivity index (χ3n) is 6.07. The van der Waals surface area contributed by atoms with Crippen LogP contribution in [0.25, 0.3) is 23.3 Å². The molecule has 0 aliphatic carbocycles. The number of hydrogen-bond acceptors (Lipinski definition) is 2. The maximum Gasteiger partial charge on any atom is 0.126 e. The quantitative estimate of drug-likeness (QED) is 0.246. The van der Waals surface area contributed by atoms with Gasteiger partial charge >= 0.3 is 0 Å². The van der Waals surface area contributed by atoms with Gasteiger partial charge in [-0.3, -0.25) is 0 Å². The van der Waals surface area contributed by atoms with E-state index in [0.717, 1.165) is 44.5 Å². The Bertz CT molecular complexity index is 1350. The maximum absolute atomic E-state index is 13.7. The van der Waals surface area contributed by atoms with Gasteiger partial charge in [0, 0.05) is 11.1 Å². The van der Waals surface area contributed by atoms with E-state index in [1.807, 2.05) is 38.1 Å². The summed E-state index contributed by atoms with van der Waals surface area (Å²) in [5.74, 6) is 0.785. The zero-order chi connectivity index (χ0) is 25.7. The minimum atomic E-state index is -0.283. The average molecular weight is 483 g/mol. The Kier molecular flexibility index (Phi) is 7.65. The Balaban J connectivity index is 1.84. The van der Waals surface area contributed by atoms with Crippen molar-refractivity contribution in [2.45, 2.75) is 13.8 Å². The van der Waals surface area contributed by atoms with E-state index in [0.29, 0.717) is 11.5 Å². The van der Waals surface area contributed by atoms with Crippen LogP contribution in [0.3, 0.4) is 0 Å². The number of hydrogen-bond donors (Lipinski definition) is 0. The molecule has 0 bridgehead atoms. The van der Waals surface area contributed by atoms with Crippen LogP contribution in [0.5, 0.6) is 11.5 Å². The molecule has 2 nitrogen and oxygen atoms in total. The molecular weight excluding hydrogens is 454 g/mol. The van der Waals surface area contributed by atoms with Gasteiger partial charge in [-0.05, 0) is 90.2 Å². The summed E-state index contributed by atoms with van der Waals surface area (Å²) in [6.45, 7) is 4.01. The summed E-state index contributed by atoms with van der Waals surface area (Å²) in [5.41, 5.74) is 7.52. The fraction of sp³-hybridized carbons (Fsp3) is 0.125.